The molecule has 12 nitrogen and oxygen atoms in total. The largest absolute Gasteiger partial charge is 0.490 e. The lowest BCUT2D eigenvalue weighted by Crippen LogP contribution is -2.45. The van der Waals surface area contributed by atoms with Crippen molar-refractivity contribution in [1.82, 2.24) is 15.8 Å². The molecule has 0 saturated heterocycles. The number of carboxylic acid groups (broad SMARTS) is 1. The Morgan fingerprint density at radius 2 is 1.59 bits per heavy atom. The van der Waals surface area contributed by atoms with Crippen molar-refractivity contribution in [2.24, 2.45) is 5.73 Å². The maximum Gasteiger partial charge on any atom is 0.490 e. The highest BCUT2D eigenvalue weighted by atomic mass is 19.4. The highest BCUT2D eigenvalue weighted by molar-refractivity contribution is 5.96. The summed E-state index contributed by atoms with van der Waals surface area (Å²) in [5.41, 5.74) is 12.2. The zero-order valence-corrected chi connectivity index (χ0v) is 23.1. The Morgan fingerprint density at radius 3 is 2.11 bits per heavy atom. The fourth-order valence-corrected chi connectivity index (χ4v) is 3.20. The van der Waals surface area contributed by atoms with Gasteiger partial charge in [0, 0.05) is 17.4 Å². The quantitative estimate of drug-likeness (QED) is 0.0764. The smallest absolute Gasteiger partial charge is 0.486 e. The molecule has 2 amide bonds. The lowest BCUT2D eigenvalue weighted by molar-refractivity contribution is -0.192. The molecule has 0 aliphatic heterocycles. The first kappa shape index (κ1) is 34.3. The maximum atomic E-state index is 13.3. The molecule has 1 heterocycles. The van der Waals surface area contributed by atoms with E-state index in [-0.39, 0.29) is 24.7 Å². The fraction of sp³-hybridized carbons (Fsp3) is 0.138. The van der Waals surface area contributed by atoms with Crippen molar-refractivity contribution in [3.05, 3.63) is 109 Å². The standard InChI is InChI=1S/C27H28N6O4.C2HF3O2/c1-3-15-36-22-13-10-19(17-23(22)37-16-4-2)24(31-20-11-8-18(9-12-20)25(28)29)27(35)33-32-26(34)21-7-5-6-14-30-21;3-2(4,5)1(6)7/h3-14,17,24,31H,1-2,15-16H2,(H3,28,29)(H,32,34)(H,33,35);(H,6,7). The molecule has 3 aromatic rings. The molecular formula is C29H29F3N6O6. The van der Waals surface area contributed by atoms with E-state index >= 15 is 0 Å². The Balaban J connectivity index is 0.000000860. The number of amidine groups is 1. The number of anilines is 1. The number of halogens is 3. The predicted octanol–water partition coefficient (Wildman–Crippen LogP) is 3.74. The van der Waals surface area contributed by atoms with Gasteiger partial charge in [0.05, 0.1) is 0 Å². The number of carboxylic acids is 1. The highest BCUT2D eigenvalue weighted by Crippen LogP contribution is 2.32. The second kappa shape index (κ2) is 16.5. The topological polar surface area (TPSA) is 189 Å². The molecule has 0 radical (unpaired) electrons. The van der Waals surface area contributed by atoms with Crippen LogP contribution < -0.4 is 31.4 Å². The molecule has 0 aliphatic rings. The fourth-order valence-electron chi connectivity index (χ4n) is 3.20. The Morgan fingerprint density at radius 1 is 0.977 bits per heavy atom. The number of rotatable bonds is 12. The van der Waals surface area contributed by atoms with Crippen molar-refractivity contribution in [3.63, 3.8) is 0 Å². The first-order valence-corrected chi connectivity index (χ1v) is 12.5. The number of pyridine rings is 1. The summed E-state index contributed by atoms with van der Waals surface area (Å²) in [7, 11) is 0. The molecule has 44 heavy (non-hydrogen) atoms. The van der Waals surface area contributed by atoms with Gasteiger partial charge in [-0.2, -0.15) is 13.2 Å². The van der Waals surface area contributed by atoms with Crippen LogP contribution in [0.15, 0.2) is 92.2 Å². The van der Waals surface area contributed by atoms with Gasteiger partial charge in [-0.3, -0.25) is 30.8 Å². The van der Waals surface area contributed by atoms with Gasteiger partial charge in [-0.25, -0.2) is 4.79 Å². The van der Waals surface area contributed by atoms with E-state index in [4.69, 9.17) is 30.5 Å². The minimum absolute atomic E-state index is 0.0720. The van der Waals surface area contributed by atoms with E-state index in [2.05, 4.69) is 34.3 Å². The van der Waals surface area contributed by atoms with E-state index in [0.29, 0.717) is 28.3 Å². The summed E-state index contributed by atoms with van der Waals surface area (Å²) < 4.78 is 43.2. The SMILES string of the molecule is C=CCOc1ccc(C(Nc2ccc(C(=N)N)cc2)C(=O)NNC(=O)c2ccccn2)cc1OCC=C.O=C(O)C(F)(F)F. The molecule has 0 bridgehead atoms. The molecule has 0 saturated carbocycles. The third-order valence-corrected chi connectivity index (χ3v) is 5.22. The summed E-state index contributed by atoms with van der Waals surface area (Å²) in [6.45, 7) is 7.82. The number of aliphatic carboxylic acids is 1. The minimum atomic E-state index is -5.08. The van der Waals surface area contributed by atoms with Crippen LogP contribution in [0.4, 0.5) is 18.9 Å². The number of ether oxygens (including phenoxy) is 2. The van der Waals surface area contributed by atoms with Gasteiger partial charge < -0.3 is 25.6 Å². The van der Waals surface area contributed by atoms with Crippen molar-refractivity contribution in [2.45, 2.75) is 12.2 Å². The van der Waals surface area contributed by atoms with Crippen LogP contribution >= 0.6 is 0 Å². The number of hydrazine groups is 1. The van der Waals surface area contributed by atoms with E-state index < -0.39 is 30.0 Å². The molecule has 2 aromatic carbocycles. The first-order valence-electron chi connectivity index (χ1n) is 12.5. The number of carbonyl (C=O) groups excluding carboxylic acids is 2. The molecule has 232 valence electrons. The molecule has 7 N–H and O–H groups in total. The average molecular weight is 615 g/mol. The van der Waals surface area contributed by atoms with Crippen LogP contribution in [-0.2, 0) is 9.59 Å². The van der Waals surface area contributed by atoms with Crippen LogP contribution in [0.1, 0.15) is 27.7 Å². The van der Waals surface area contributed by atoms with E-state index in [1.807, 2.05) is 0 Å². The number of aromatic nitrogens is 1. The number of benzene rings is 2. The monoisotopic (exact) mass is 614 g/mol. The lowest BCUT2D eigenvalue weighted by Gasteiger charge is -2.22. The van der Waals surface area contributed by atoms with Crippen molar-refractivity contribution < 1.29 is 42.1 Å². The van der Waals surface area contributed by atoms with E-state index in [1.54, 1.807) is 66.7 Å². The molecule has 1 atom stereocenters. The molecular weight excluding hydrogens is 585 g/mol. The molecule has 0 fully saturated rings. The van der Waals surface area contributed by atoms with Gasteiger partial charge in [-0.15, -0.1) is 0 Å². The van der Waals surface area contributed by atoms with Gasteiger partial charge in [0.1, 0.15) is 30.8 Å². The van der Waals surface area contributed by atoms with E-state index in [0.717, 1.165) is 0 Å². The number of nitrogen functional groups attached to an aromatic ring is 1. The van der Waals surface area contributed by atoms with Gasteiger partial charge in [-0.1, -0.05) is 37.4 Å². The van der Waals surface area contributed by atoms with Crippen LogP contribution in [0.2, 0.25) is 0 Å². The van der Waals surface area contributed by atoms with Gasteiger partial charge in [0.25, 0.3) is 11.8 Å². The maximum absolute atomic E-state index is 13.3. The van der Waals surface area contributed by atoms with Crippen LogP contribution in [0, 0.1) is 5.41 Å². The van der Waals surface area contributed by atoms with Gasteiger partial charge in [-0.05, 0) is 54.1 Å². The summed E-state index contributed by atoms with van der Waals surface area (Å²) in [4.78, 5) is 38.5. The number of amides is 2. The zero-order valence-electron chi connectivity index (χ0n) is 23.1. The molecule has 0 spiro atoms. The average Bonchev–Trinajstić information content (AvgIpc) is 3.01. The third kappa shape index (κ3) is 10.8. The number of alkyl halides is 3. The lowest BCUT2D eigenvalue weighted by atomic mass is 10.0. The van der Waals surface area contributed by atoms with Crippen LogP contribution in [0.3, 0.4) is 0 Å². The Bertz CT molecular complexity index is 1470. The molecule has 1 unspecified atom stereocenters. The second-order valence-electron chi connectivity index (χ2n) is 8.44. The first-order chi connectivity index (χ1) is 20.9. The van der Waals surface area contributed by atoms with E-state index in [1.165, 1.54) is 12.3 Å². The van der Waals surface area contributed by atoms with Crippen molar-refractivity contribution in [1.29, 1.82) is 5.41 Å². The van der Waals surface area contributed by atoms with Crippen molar-refractivity contribution in [2.75, 3.05) is 18.5 Å². The normalized spacial score (nSPS) is 11.0. The number of nitrogens with two attached hydrogens (primary N) is 1. The summed E-state index contributed by atoms with van der Waals surface area (Å²) in [5.74, 6) is -3.07. The Hall–Kier alpha value is -5.86. The second-order valence-corrected chi connectivity index (χ2v) is 8.44. The van der Waals surface area contributed by atoms with Gasteiger partial charge in [0.15, 0.2) is 11.5 Å². The Labute approximate surface area is 249 Å². The number of nitrogens with zero attached hydrogens (tertiary/aromatic N) is 1. The van der Waals surface area contributed by atoms with Crippen molar-refractivity contribution in [3.8, 4) is 11.5 Å². The summed E-state index contributed by atoms with van der Waals surface area (Å²) in [6, 6.07) is 15.7. The van der Waals surface area contributed by atoms with Crippen LogP contribution in [0.5, 0.6) is 11.5 Å². The summed E-state index contributed by atoms with van der Waals surface area (Å²) in [5, 5.41) is 17.8. The summed E-state index contributed by atoms with van der Waals surface area (Å²) >= 11 is 0. The molecule has 3 rings (SSSR count). The Kier molecular flexibility index (Phi) is 12.9. The van der Waals surface area contributed by atoms with Crippen molar-refractivity contribution >= 4 is 29.3 Å². The number of hydrogen-bond donors (Lipinski definition) is 6. The van der Waals surface area contributed by atoms with Gasteiger partial charge in [0.2, 0.25) is 0 Å². The van der Waals surface area contributed by atoms with E-state index in [9.17, 15) is 22.8 Å². The molecule has 15 heteroatoms. The predicted molar refractivity (Wildman–Crippen MR) is 155 cm³/mol. The van der Waals surface area contributed by atoms with Crippen LogP contribution in [-0.4, -0.2) is 53.1 Å². The third-order valence-electron chi connectivity index (χ3n) is 5.22. The minimum Gasteiger partial charge on any atom is -0.486 e. The van der Waals surface area contributed by atoms with Crippen LogP contribution in [0.25, 0.3) is 0 Å². The molecule has 0 aliphatic carbocycles. The number of hydrogen-bond acceptors (Lipinski definition) is 8. The highest BCUT2D eigenvalue weighted by Gasteiger charge is 2.38. The zero-order chi connectivity index (χ0) is 32.7. The molecule has 1 aromatic heterocycles. The number of nitrogens with one attached hydrogen (secondary N) is 4. The number of carbonyl (C=O) groups is 3. The van der Waals surface area contributed by atoms with Gasteiger partial charge >= 0.3 is 12.1 Å². The summed E-state index contributed by atoms with van der Waals surface area (Å²) in [6.07, 6.45) is -0.402.